The fraction of sp³-hybridized carbons (Fsp3) is 0.333. The average molecular weight is 522 g/mol. The summed E-state index contributed by atoms with van der Waals surface area (Å²) in [7, 11) is 0. The molecule has 0 heterocycles. The van der Waals surface area contributed by atoms with Gasteiger partial charge in [0.25, 0.3) is 0 Å². The number of aromatic carboxylic acids is 1. The molecule has 2 amide bonds. The van der Waals surface area contributed by atoms with Crippen molar-refractivity contribution in [1.29, 1.82) is 0 Å². The van der Waals surface area contributed by atoms with Crippen molar-refractivity contribution in [3.8, 4) is 11.1 Å². The SMILES string of the molecule is CC(C)C(Nc1ccc(-c2cc(F)ccc2C(=O)O)cc1NC(=O)Nc1ccccc1F)C1CCCCC1. The lowest BCUT2D eigenvalue weighted by atomic mass is 9.79. The number of urea groups is 1. The zero-order valence-electron chi connectivity index (χ0n) is 21.6. The fourth-order valence-corrected chi connectivity index (χ4v) is 5.22. The third kappa shape index (κ3) is 6.49. The van der Waals surface area contributed by atoms with Crippen LogP contribution in [0.2, 0.25) is 0 Å². The van der Waals surface area contributed by atoms with Gasteiger partial charge in [0.2, 0.25) is 0 Å². The Bertz CT molecular complexity index is 1310. The molecule has 4 rings (SSSR count). The van der Waals surface area contributed by atoms with Crippen molar-refractivity contribution in [2.24, 2.45) is 11.8 Å². The summed E-state index contributed by atoms with van der Waals surface area (Å²) in [4.78, 5) is 24.7. The molecule has 1 aliphatic rings. The van der Waals surface area contributed by atoms with E-state index in [-0.39, 0.29) is 22.9 Å². The number of hydrogen-bond donors (Lipinski definition) is 4. The normalized spacial score (nSPS) is 14.7. The highest BCUT2D eigenvalue weighted by molar-refractivity contribution is 6.03. The minimum absolute atomic E-state index is 0.0243. The smallest absolute Gasteiger partial charge is 0.336 e. The molecule has 0 bridgehead atoms. The Morgan fingerprint density at radius 1 is 0.868 bits per heavy atom. The van der Waals surface area contributed by atoms with Crippen molar-refractivity contribution in [3.05, 3.63) is 77.9 Å². The van der Waals surface area contributed by atoms with Crippen LogP contribution in [0.15, 0.2) is 60.7 Å². The maximum Gasteiger partial charge on any atom is 0.336 e. The molecule has 8 heteroatoms. The van der Waals surface area contributed by atoms with Gasteiger partial charge in [0.05, 0.1) is 22.6 Å². The average Bonchev–Trinajstić information content (AvgIpc) is 2.89. The number of halogens is 2. The maximum absolute atomic E-state index is 14.1. The number of carboxylic acid groups (broad SMARTS) is 1. The van der Waals surface area contributed by atoms with Crippen molar-refractivity contribution < 1.29 is 23.5 Å². The molecule has 1 unspecified atom stereocenters. The summed E-state index contributed by atoms with van der Waals surface area (Å²) in [6.45, 7) is 4.31. The van der Waals surface area contributed by atoms with E-state index in [1.807, 2.05) is 0 Å². The van der Waals surface area contributed by atoms with Crippen LogP contribution in [-0.2, 0) is 0 Å². The van der Waals surface area contributed by atoms with Crippen LogP contribution in [-0.4, -0.2) is 23.1 Å². The van der Waals surface area contributed by atoms with E-state index >= 15 is 0 Å². The number of nitrogens with one attached hydrogen (secondary N) is 3. The van der Waals surface area contributed by atoms with E-state index in [1.165, 1.54) is 43.5 Å². The zero-order chi connectivity index (χ0) is 27.2. The van der Waals surface area contributed by atoms with E-state index in [2.05, 4.69) is 29.8 Å². The van der Waals surface area contributed by atoms with E-state index in [4.69, 9.17) is 0 Å². The summed E-state index contributed by atoms with van der Waals surface area (Å²) in [5.74, 6) is -1.54. The second kappa shape index (κ2) is 12.1. The lowest BCUT2D eigenvalue weighted by molar-refractivity contribution is 0.0697. The number of carbonyl (C=O) groups excluding carboxylic acids is 1. The van der Waals surface area contributed by atoms with Gasteiger partial charge >= 0.3 is 12.0 Å². The number of anilines is 3. The first-order valence-corrected chi connectivity index (χ1v) is 13.0. The number of hydrogen-bond acceptors (Lipinski definition) is 3. The summed E-state index contributed by atoms with van der Waals surface area (Å²) < 4.78 is 28.2. The van der Waals surface area contributed by atoms with Crippen LogP contribution in [0.25, 0.3) is 11.1 Å². The van der Waals surface area contributed by atoms with E-state index in [0.717, 1.165) is 25.0 Å². The van der Waals surface area contributed by atoms with Crippen LogP contribution >= 0.6 is 0 Å². The quantitative estimate of drug-likeness (QED) is 0.242. The van der Waals surface area contributed by atoms with Crippen LogP contribution in [0.1, 0.15) is 56.3 Å². The first-order chi connectivity index (χ1) is 18.2. The van der Waals surface area contributed by atoms with Gasteiger partial charge in [0.1, 0.15) is 11.6 Å². The van der Waals surface area contributed by atoms with Gasteiger partial charge in [-0.15, -0.1) is 0 Å². The standard InChI is InChI=1S/C30H33F2N3O3/c1-18(2)28(19-8-4-3-5-9-19)33-26-15-12-20(23-17-21(31)13-14-22(23)29(36)37)16-27(26)35-30(38)34-25-11-7-6-10-24(25)32/h6-7,10-19,28,33H,3-5,8-9H2,1-2H3,(H,36,37)(H2,34,35,38). The van der Waals surface area contributed by atoms with Gasteiger partial charge in [-0.05, 0) is 78.3 Å². The molecule has 0 saturated heterocycles. The molecule has 3 aromatic carbocycles. The van der Waals surface area contributed by atoms with Crippen molar-refractivity contribution in [2.75, 3.05) is 16.0 Å². The number of para-hydroxylation sites is 1. The number of carbonyl (C=O) groups is 2. The lowest BCUT2D eigenvalue weighted by Crippen LogP contribution is -2.35. The minimum atomic E-state index is -1.19. The Labute approximate surface area is 221 Å². The van der Waals surface area contributed by atoms with Crippen molar-refractivity contribution >= 4 is 29.1 Å². The molecular formula is C30H33F2N3O3. The van der Waals surface area contributed by atoms with Gasteiger partial charge < -0.3 is 21.1 Å². The molecule has 1 saturated carbocycles. The predicted molar refractivity (Wildman–Crippen MR) is 147 cm³/mol. The largest absolute Gasteiger partial charge is 0.478 e. The third-order valence-corrected chi connectivity index (χ3v) is 7.11. The zero-order valence-corrected chi connectivity index (χ0v) is 21.6. The molecule has 1 fully saturated rings. The molecule has 0 aromatic heterocycles. The molecule has 38 heavy (non-hydrogen) atoms. The Kier molecular flexibility index (Phi) is 8.61. The van der Waals surface area contributed by atoms with Crippen LogP contribution in [0.4, 0.5) is 30.6 Å². The minimum Gasteiger partial charge on any atom is -0.478 e. The number of carboxylic acids is 1. The molecular weight excluding hydrogens is 488 g/mol. The Hall–Kier alpha value is -3.94. The monoisotopic (exact) mass is 521 g/mol. The second-order valence-electron chi connectivity index (χ2n) is 10.1. The van der Waals surface area contributed by atoms with E-state index in [1.54, 1.807) is 24.3 Å². The Balaban J connectivity index is 1.71. The summed E-state index contributed by atoms with van der Waals surface area (Å²) >= 11 is 0. The van der Waals surface area contributed by atoms with Crippen LogP contribution < -0.4 is 16.0 Å². The van der Waals surface area contributed by atoms with Gasteiger partial charge in [-0.1, -0.05) is 51.3 Å². The summed E-state index contributed by atoms with van der Waals surface area (Å²) in [6, 6.07) is 13.9. The molecule has 3 aromatic rings. The molecule has 0 radical (unpaired) electrons. The second-order valence-corrected chi connectivity index (χ2v) is 10.1. The first-order valence-electron chi connectivity index (χ1n) is 13.0. The molecule has 1 aliphatic carbocycles. The van der Waals surface area contributed by atoms with Gasteiger partial charge in [0.15, 0.2) is 0 Å². The Morgan fingerprint density at radius 3 is 2.26 bits per heavy atom. The number of rotatable bonds is 8. The summed E-state index contributed by atoms with van der Waals surface area (Å²) in [5.41, 5.74) is 1.60. The highest BCUT2D eigenvalue weighted by Crippen LogP contribution is 2.36. The molecule has 4 N–H and O–H groups in total. The van der Waals surface area contributed by atoms with Crippen molar-refractivity contribution in [3.63, 3.8) is 0 Å². The van der Waals surface area contributed by atoms with E-state index < -0.39 is 23.6 Å². The van der Waals surface area contributed by atoms with Crippen LogP contribution in [0, 0.1) is 23.5 Å². The van der Waals surface area contributed by atoms with Crippen LogP contribution in [0.3, 0.4) is 0 Å². The van der Waals surface area contributed by atoms with Gasteiger partial charge in [-0.2, -0.15) is 0 Å². The molecule has 0 aliphatic heterocycles. The molecule has 200 valence electrons. The highest BCUT2D eigenvalue weighted by Gasteiger charge is 2.27. The fourth-order valence-electron chi connectivity index (χ4n) is 5.22. The topological polar surface area (TPSA) is 90.5 Å². The summed E-state index contributed by atoms with van der Waals surface area (Å²) in [6.07, 6.45) is 5.84. The Morgan fingerprint density at radius 2 is 1.58 bits per heavy atom. The van der Waals surface area contributed by atoms with Crippen molar-refractivity contribution in [1.82, 2.24) is 0 Å². The molecule has 1 atom stereocenters. The van der Waals surface area contributed by atoms with E-state index in [9.17, 15) is 23.5 Å². The lowest BCUT2D eigenvalue weighted by Gasteiger charge is -2.35. The molecule has 0 spiro atoms. The molecule has 6 nitrogen and oxygen atoms in total. The van der Waals surface area contributed by atoms with Gasteiger partial charge in [-0.3, -0.25) is 0 Å². The third-order valence-electron chi connectivity index (χ3n) is 7.11. The van der Waals surface area contributed by atoms with Crippen LogP contribution in [0.5, 0.6) is 0 Å². The van der Waals surface area contributed by atoms with Gasteiger partial charge in [0, 0.05) is 6.04 Å². The van der Waals surface area contributed by atoms with Crippen molar-refractivity contribution in [2.45, 2.75) is 52.0 Å². The predicted octanol–water partition coefficient (Wildman–Crippen LogP) is 7.99. The maximum atomic E-state index is 14.1. The summed E-state index contributed by atoms with van der Waals surface area (Å²) in [5, 5.41) is 18.6. The van der Waals surface area contributed by atoms with E-state index in [0.29, 0.717) is 28.8 Å². The first kappa shape index (κ1) is 27.1. The highest BCUT2D eigenvalue weighted by atomic mass is 19.1. The number of benzene rings is 3. The van der Waals surface area contributed by atoms with Gasteiger partial charge in [-0.25, -0.2) is 18.4 Å². The number of amides is 2.